The molecular weight excluding hydrogens is 1340 g/mol. The first kappa shape index (κ1) is 101. The molecule has 0 aliphatic carbocycles. The van der Waals surface area contributed by atoms with E-state index < -0.39 is 97.5 Å². The van der Waals surface area contributed by atoms with Gasteiger partial charge in [0.05, 0.1) is 26.4 Å². The molecule has 0 heterocycles. The molecule has 17 nitrogen and oxygen atoms in total. The number of phosphoric acid groups is 2. The number of hydrogen-bond donors (Lipinski definition) is 3. The van der Waals surface area contributed by atoms with E-state index in [1.807, 2.05) is 0 Å². The molecule has 0 aliphatic rings. The predicted octanol–water partition coefficient (Wildman–Crippen LogP) is 25.3. The van der Waals surface area contributed by atoms with Crippen LogP contribution in [-0.2, 0) is 65.4 Å². The second-order valence-electron chi connectivity index (χ2n) is 31.4. The van der Waals surface area contributed by atoms with Gasteiger partial charge in [0.2, 0.25) is 0 Å². The average Bonchev–Trinajstić information content (AvgIpc) is 1.05. The molecule has 0 saturated heterocycles. The third-order valence-corrected chi connectivity index (χ3v) is 21.9. The molecule has 0 aromatic rings. The Kier molecular flexibility index (Phi) is 72.8. The number of esters is 4. The molecule has 6 atom stereocenters. The molecule has 3 N–H and O–H groups in total. The average molecular weight is 1510 g/mol. The van der Waals surface area contributed by atoms with Gasteiger partial charge < -0.3 is 33.8 Å². The largest absolute Gasteiger partial charge is 0.472 e. The van der Waals surface area contributed by atoms with Crippen molar-refractivity contribution in [3.05, 3.63) is 0 Å². The molecule has 0 amide bonds. The normalized spacial score (nSPS) is 14.2. The Morgan fingerprint density at radius 3 is 0.738 bits per heavy atom. The molecule has 103 heavy (non-hydrogen) atoms. The van der Waals surface area contributed by atoms with E-state index in [1.165, 1.54) is 244 Å². The number of phosphoric ester groups is 2. The van der Waals surface area contributed by atoms with E-state index in [9.17, 15) is 43.2 Å². The van der Waals surface area contributed by atoms with Crippen LogP contribution in [0.3, 0.4) is 0 Å². The summed E-state index contributed by atoms with van der Waals surface area (Å²) in [7, 11) is -9.92. The highest BCUT2D eigenvalue weighted by molar-refractivity contribution is 7.47. The van der Waals surface area contributed by atoms with Gasteiger partial charge in [-0.05, 0) is 43.4 Å². The third kappa shape index (κ3) is 76.6. The van der Waals surface area contributed by atoms with Crippen LogP contribution in [0, 0.1) is 17.8 Å². The zero-order valence-electron chi connectivity index (χ0n) is 67.8. The lowest BCUT2D eigenvalue weighted by Gasteiger charge is -2.21. The second kappa shape index (κ2) is 74.2. The Morgan fingerprint density at radius 2 is 0.495 bits per heavy atom. The van der Waals surface area contributed by atoms with Crippen molar-refractivity contribution in [2.24, 2.45) is 17.8 Å². The minimum Gasteiger partial charge on any atom is -0.462 e. The lowest BCUT2D eigenvalue weighted by molar-refractivity contribution is -0.161. The number of ether oxygens (including phenoxy) is 4. The maximum atomic E-state index is 13.1. The first-order chi connectivity index (χ1) is 49.8. The van der Waals surface area contributed by atoms with Crippen molar-refractivity contribution in [2.75, 3.05) is 39.6 Å². The molecule has 0 fully saturated rings. The van der Waals surface area contributed by atoms with Gasteiger partial charge in [0, 0.05) is 25.7 Å². The minimum atomic E-state index is -4.96. The molecule has 0 spiro atoms. The van der Waals surface area contributed by atoms with Crippen LogP contribution in [0.5, 0.6) is 0 Å². The summed E-state index contributed by atoms with van der Waals surface area (Å²) in [6, 6.07) is 0. The smallest absolute Gasteiger partial charge is 0.462 e. The predicted molar refractivity (Wildman–Crippen MR) is 423 cm³/mol. The van der Waals surface area contributed by atoms with Crippen molar-refractivity contribution < 1.29 is 80.2 Å². The van der Waals surface area contributed by atoms with E-state index in [-0.39, 0.29) is 25.7 Å². The summed E-state index contributed by atoms with van der Waals surface area (Å²) in [5, 5.41) is 10.7. The number of hydrogen-bond acceptors (Lipinski definition) is 15. The van der Waals surface area contributed by atoms with Crippen LogP contribution in [0.25, 0.3) is 0 Å². The summed E-state index contributed by atoms with van der Waals surface area (Å²) in [5.74, 6) is 0.281. The second-order valence-corrected chi connectivity index (χ2v) is 34.3. The molecule has 612 valence electrons. The first-order valence-electron chi connectivity index (χ1n) is 43.4. The minimum absolute atomic E-state index is 0.107. The Hall–Kier alpha value is -1.94. The third-order valence-electron chi connectivity index (χ3n) is 20.0. The molecule has 0 bridgehead atoms. The van der Waals surface area contributed by atoms with Gasteiger partial charge in [0.25, 0.3) is 0 Å². The maximum absolute atomic E-state index is 13.1. The molecule has 0 saturated carbocycles. The van der Waals surface area contributed by atoms with Crippen LogP contribution in [0.2, 0.25) is 0 Å². The lowest BCUT2D eigenvalue weighted by atomic mass is 9.99. The highest BCUT2D eigenvalue weighted by Gasteiger charge is 2.30. The van der Waals surface area contributed by atoms with Gasteiger partial charge in [-0.3, -0.25) is 37.3 Å². The Morgan fingerprint density at radius 1 is 0.282 bits per heavy atom. The van der Waals surface area contributed by atoms with Crippen molar-refractivity contribution in [2.45, 2.75) is 458 Å². The van der Waals surface area contributed by atoms with E-state index in [4.69, 9.17) is 37.0 Å². The summed E-state index contributed by atoms with van der Waals surface area (Å²) < 4.78 is 68.8. The SMILES string of the molecule is CCCCCCCCCCCCCCC(=O)O[C@H](COC(=O)CCCCCCCCCC(C)C)COP(=O)(O)OC[C@H](O)COP(=O)(O)OC[C@@H](COC(=O)CCCCCCCCCCCCCCCCCCC(C)C)OC(=O)CCCCCCCCCCCCCCCCCCCCC(C)CC. The Labute approximate surface area is 632 Å². The fraction of sp³-hybridized carbons (Fsp3) is 0.952. The zero-order chi connectivity index (χ0) is 75.8. The van der Waals surface area contributed by atoms with Crippen LogP contribution in [-0.4, -0.2) is 96.7 Å². The number of unbranched alkanes of at least 4 members (excludes halogenated alkanes) is 49. The van der Waals surface area contributed by atoms with E-state index in [0.717, 1.165) is 108 Å². The van der Waals surface area contributed by atoms with E-state index >= 15 is 0 Å². The quantitative estimate of drug-likeness (QED) is 0.0222. The molecule has 3 unspecified atom stereocenters. The highest BCUT2D eigenvalue weighted by atomic mass is 31.2. The number of carbonyl (C=O) groups excluding carboxylic acids is 4. The standard InChI is InChI=1S/C84H164O17P2/c1-8-10-11-12-13-14-15-32-38-45-53-60-67-83(88)101-80(72-95-82(87)66-59-52-47-40-42-49-56-63-76(5)6)74-99-103(92,93)97-70-78(85)69-96-102(90,91)98-73-79(71-94-81(86)65-58-51-44-37-33-28-24-21-20-22-26-30-35-41-48-55-62-75(3)4)100-84(89)68-61-54-46-39-34-29-25-19-17-16-18-23-27-31-36-43-50-57-64-77(7)9-2/h75-80,85H,8-74H2,1-7H3,(H,90,91)(H,92,93)/t77?,78-,79-,80-/m1/s1. The molecular formula is C84H164O17P2. The van der Waals surface area contributed by atoms with Crippen LogP contribution < -0.4 is 0 Å². The van der Waals surface area contributed by atoms with Crippen LogP contribution in [0.15, 0.2) is 0 Å². The van der Waals surface area contributed by atoms with Gasteiger partial charge in [-0.15, -0.1) is 0 Å². The number of rotatable bonds is 82. The van der Waals surface area contributed by atoms with Crippen LogP contribution >= 0.6 is 15.6 Å². The molecule has 0 radical (unpaired) electrons. The fourth-order valence-corrected chi connectivity index (χ4v) is 14.6. The number of aliphatic hydroxyl groups is 1. The summed E-state index contributed by atoms with van der Waals surface area (Å²) in [6.45, 7) is 12.0. The number of aliphatic hydroxyl groups excluding tert-OH is 1. The summed E-state index contributed by atoms with van der Waals surface area (Å²) in [6.07, 6.45) is 63.9. The summed E-state index contributed by atoms with van der Waals surface area (Å²) in [4.78, 5) is 73.1. The van der Waals surface area contributed by atoms with Gasteiger partial charge in [-0.2, -0.15) is 0 Å². The Balaban J connectivity index is 5.21. The van der Waals surface area contributed by atoms with Crippen LogP contribution in [0.1, 0.15) is 440 Å². The van der Waals surface area contributed by atoms with E-state index in [0.29, 0.717) is 31.6 Å². The monoisotopic (exact) mass is 1510 g/mol. The fourth-order valence-electron chi connectivity index (χ4n) is 13.0. The highest BCUT2D eigenvalue weighted by Crippen LogP contribution is 2.45. The van der Waals surface area contributed by atoms with E-state index in [1.54, 1.807) is 0 Å². The first-order valence-corrected chi connectivity index (χ1v) is 46.4. The van der Waals surface area contributed by atoms with Crippen LogP contribution in [0.4, 0.5) is 0 Å². The Bertz CT molecular complexity index is 1990. The molecule has 0 aromatic carbocycles. The number of carbonyl (C=O) groups is 4. The van der Waals surface area contributed by atoms with Crippen molar-refractivity contribution in [1.29, 1.82) is 0 Å². The van der Waals surface area contributed by atoms with Crippen molar-refractivity contribution >= 4 is 39.5 Å². The molecule has 0 rings (SSSR count). The van der Waals surface area contributed by atoms with Crippen molar-refractivity contribution in [3.63, 3.8) is 0 Å². The van der Waals surface area contributed by atoms with Gasteiger partial charge in [-0.25, -0.2) is 9.13 Å². The topological polar surface area (TPSA) is 237 Å². The van der Waals surface area contributed by atoms with Gasteiger partial charge in [0.1, 0.15) is 19.3 Å². The van der Waals surface area contributed by atoms with E-state index in [2.05, 4.69) is 48.5 Å². The summed E-state index contributed by atoms with van der Waals surface area (Å²) >= 11 is 0. The van der Waals surface area contributed by atoms with Gasteiger partial charge in [0.15, 0.2) is 12.2 Å². The summed E-state index contributed by atoms with van der Waals surface area (Å²) in [5.41, 5.74) is 0. The zero-order valence-corrected chi connectivity index (χ0v) is 69.6. The van der Waals surface area contributed by atoms with Gasteiger partial charge >= 0.3 is 39.5 Å². The maximum Gasteiger partial charge on any atom is 0.472 e. The van der Waals surface area contributed by atoms with Crippen molar-refractivity contribution in [3.8, 4) is 0 Å². The molecule has 0 aromatic heterocycles. The van der Waals surface area contributed by atoms with Crippen molar-refractivity contribution in [1.82, 2.24) is 0 Å². The lowest BCUT2D eigenvalue weighted by Crippen LogP contribution is -2.30. The molecule has 19 heteroatoms. The van der Waals surface area contributed by atoms with Gasteiger partial charge in [-0.1, -0.05) is 389 Å². The molecule has 0 aliphatic heterocycles.